The standard InChI is InChI=1S/C21H26N2.C3H6.2BrH.Ni/c1-6-17(18-13(2)9-7-10-14(18)3)20(22)21(23)19-15(4)11-8-12-16(19)5;1-3-2;;;/h7-12,17,22-23H,6H2,1-5H3;3H,1H2,2H3;2*1H;/q;;;;+2/p-2. The zero-order chi connectivity index (χ0) is 22.6. The summed E-state index contributed by atoms with van der Waals surface area (Å²) in [6.07, 6.45) is 2.58. The van der Waals surface area contributed by atoms with Crippen LogP contribution in [0.3, 0.4) is 0 Å². The molecule has 2 aromatic rings. The van der Waals surface area contributed by atoms with E-state index in [9.17, 15) is 0 Å². The molecule has 162 valence electrons. The van der Waals surface area contributed by atoms with Crippen LogP contribution < -0.4 is 0 Å². The summed E-state index contributed by atoms with van der Waals surface area (Å²) >= 11 is 6.00. The van der Waals surface area contributed by atoms with E-state index in [1.165, 1.54) is 27.6 Å². The molecular formula is C24H32Br2N2Ni. The van der Waals surface area contributed by atoms with Crippen LogP contribution in [0.4, 0.5) is 0 Å². The van der Waals surface area contributed by atoms with Crippen LogP contribution in [0.25, 0.3) is 0 Å². The fourth-order valence-electron chi connectivity index (χ4n) is 3.45. The van der Waals surface area contributed by atoms with Gasteiger partial charge in [0.25, 0.3) is 0 Å². The monoisotopic (exact) mass is 564 g/mol. The van der Waals surface area contributed by atoms with Crippen LogP contribution in [0.15, 0.2) is 49.1 Å². The summed E-state index contributed by atoms with van der Waals surface area (Å²) in [4.78, 5) is 0. The van der Waals surface area contributed by atoms with Crippen molar-refractivity contribution in [2.75, 3.05) is 0 Å². The van der Waals surface area contributed by atoms with Gasteiger partial charge >= 0.3 is 39.3 Å². The second-order valence-corrected chi connectivity index (χ2v) is 11.8. The summed E-state index contributed by atoms with van der Waals surface area (Å²) in [7, 11) is 1.25. The summed E-state index contributed by atoms with van der Waals surface area (Å²) in [6.45, 7) is 15.6. The van der Waals surface area contributed by atoms with Gasteiger partial charge in [0.15, 0.2) is 0 Å². The third kappa shape index (κ3) is 8.32. The molecule has 0 aliphatic heterocycles. The molecule has 0 aliphatic carbocycles. The van der Waals surface area contributed by atoms with Gasteiger partial charge in [0.05, 0.1) is 11.4 Å². The average molecular weight is 567 g/mol. The molecule has 2 rings (SSSR count). The molecule has 0 saturated heterocycles. The zero-order valence-corrected chi connectivity index (χ0v) is 22.3. The predicted octanol–water partition coefficient (Wildman–Crippen LogP) is 8.38. The van der Waals surface area contributed by atoms with Gasteiger partial charge in [-0.15, -0.1) is 6.58 Å². The Kier molecular flexibility index (Phi) is 14.4. The Bertz CT molecular complexity index is 791. The molecule has 0 aromatic heterocycles. The van der Waals surface area contributed by atoms with Crippen molar-refractivity contribution in [1.29, 1.82) is 10.8 Å². The predicted molar refractivity (Wildman–Crippen MR) is 133 cm³/mol. The first-order chi connectivity index (χ1) is 13.7. The minimum atomic E-state index is -0.0253. The van der Waals surface area contributed by atoms with Crippen LogP contribution in [0.5, 0.6) is 0 Å². The molecule has 0 radical (unpaired) electrons. The number of halogens is 2. The second-order valence-electron chi connectivity index (χ2n) is 6.78. The van der Waals surface area contributed by atoms with E-state index < -0.39 is 0 Å². The maximum absolute atomic E-state index is 8.69. The molecule has 0 aliphatic rings. The Morgan fingerprint density at radius 3 is 1.66 bits per heavy atom. The molecule has 0 saturated carbocycles. The fraction of sp³-hybridized carbons (Fsp3) is 0.333. The van der Waals surface area contributed by atoms with E-state index in [0.29, 0.717) is 11.4 Å². The van der Waals surface area contributed by atoms with E-state index >= 15 is 0 Å². The van der Waals surface area contributed by atoms with Crippen LogP contribution in [-0.2, 0) is 10.9 Å². The fourth-order valence-corrected chi connectivity index (χ4v) is 3.45. The van der Waals surface area contributed by atoms with Crippen molar-refractivity contribution in [3.05, 3.63) is 82.4 Å². The van der Waals surface area contributed by atoms with Crippen LogP contribution in [0.2, 0.25) is 0 Å². The molecule has 2 nitrogen and oxygen atoms in total. The Hall–Kier alpha value is -1.03. The maximum atomic E-state index is 8.69. The molecule has 1 atom stereocenters. The first-order valence-corrected chi connectivity index (χ1v) is 14.3. The van der Waals surface area contributed by atoms with Crippen molar-refractivity contribution in [3.63, 3.8) is 0 Å². The van der Waals surface area contributed by atoms with Crippen LogP contribution in [0, 0.1) is 38.5 Å². The molecule has 0 amide bonds. The Morgan fingerprint density at radius 2 is 1.31 bits per heavy atom. The number of nitrogens with one attached hydrogen (secondary N) is 2. The number of rotatable bonds is 5. The first kappa shape index (κ1) is 28.0. The quantitative estimate of drug-likeness (QED) is 0.207. The van der Waals surface area contributed by atoms with Gasteiger partial charge in [-0.1, -0.05) is 49.4 Å². The number of allylic oxidation sites excluding steroid dienone is 1. The number of aryl methyl sites for hydroxylation is 4. The van der Waals surface area contributed by atoms with E-state index in [4.69, 9.17) is 10.8 Å². The molecule has 2 N–H and O–H groups in total. The topological polar surface area (TPSA) is 47.7 Å². The van der Waals surface area contributed by atoms with E-state index in [1.54, 1.807) is 6.08 Å². The Labute approximate surface area is 197 Å². The summed E-state index contributed by atoms with van der Waals surface area (Å²) in [6, 6.07) is 12.3. The number of benzene rings is 2. The van der Waals surface area contributed by atoms with Gasteiger partial charge in [-0.05, 0) is 68.9 Å². The van der Waals surface area contributed by atoms with E-state index in [-0.39, 0.29) is 5.92 Å². The number of hydrogen-bond donors (Lipinski definition) is 2. The summed E-state index contributed by atoms with van der Waals surface area (Å²) in [5.74, 6) is -0.0253. The number of hydrogen-bond acceptors (Lipinski definition) is 2. The third-order valence-electron chi connectivity index (χ3n) is 4.65. The molecular weight excluding hydrogens is 535 g/mol. The normalized spacial score (nSPS) is 10.8. The van der Waals surface area contributed by atoms with Gasteiger partial charge in [0.2, 0.25) is 0 Å². The minimum absolute atomic E-state index is 0.0253. The van der Waals surface area contributed by atoms with Crippen molar-refractivity contribution < 1.29 is 10.9 Å². The Balaban J connectivity index is 0.00000116. The van der Waals surface area contributed by atoms with Crippen molar-refractivity contribution in [2.45, 2.75) is 53.9 Å². The van der Waals surface area contributed by atoms with Crippen molar-refractivity contribution in [2.24, 2.45) is 0 Å². The summed E-state index contributed by atoms with van der Waals surface area (Å²) < 4.78 is 0. The van der Waals surface area contributed by atoms with Crippen LogP contribution >= 0.6 is 28.5 Å². The molecule has 2 aromatic carbocycles. The SMILES string of the molecule is C=CC.CCC(C(=N)C(=N)c1c(C)cccc1C)c1c(C)cccc1C.[Br][Ni][Br]. The Morgan fingerprint density at radius 1 is 0.966 bits per heavy atom. The van der Waals surface area contributed by atoms with Crippen molar-refractivity contribution >= 4 is 39.9 Å². The van der Waals surface area contributed by atoms with Gasteiger partial charge < -0.3 is 5.41 Å². The summed E-state index contributed by atoms with van der Waals surface area (Å²) in [5.41, 5.74) is 7.43. The van der Waals surface area contributed by atoms with Crippen molar-refractivity contribution in [1.82, 2.24) is 0 Å². The van der Waals surface area contributed by atoms with Gasteiger partial charge in [0, 0.05) is 11.5 Å². The zero-order valence-electron chi connectivity index (χ0n) is 18.1. The third-order valence-corrected chi connectivity index (χ3v) is 4.65. The molecule has 5 heteroatoms. The van der Waals surface area contributed by atoms with Crippen LogP contribution in [0.1, 0.15) is 59.6 Å². The van der Waals surface area contributed by atoms with Gasteiger partial charge in [-0.25, -0.2) is 0 Å². The first-order valence-electron chi connectivity index (χ1n) is 9.41. The van der Waals surface area contributed by atoms with E-state index in [1.807, 2.05) is 39.0 Å². The van der Waals surface area contributed by atoms with E-state index in [0.717, 1.165) is 23.1 Å². The second kappa shape index (κ2) is 14.9. The van der Waals surface area contributed by atoms with Gasteiger partial charge in [-0.3, -0.25) is 5.41 Å². The molecule has 0 heterocycles. The molecule has 0 bridgehead atoms. The van der Waals surface area contributed by atoms with Gasteiger partial charge in [0.1, 0.15) is 0 Å². The van der Waals surface area contributed by atoms with Crippen molar-refractivity contribution in [3.8, 4) is 0 Å². The molecule has 0 spiro atoms. The van der Waals surface area contributed by atoms with Gasteiger partial charge in [-0.2, -0.15) is 0 Å². The average Bonchev–Trinajstić information content (AvgIpc) is 2.65. The summed E-state index contributed by atoms with van der Waals surface area (Å²) in [5, 5.41) is 17.3. The molecule has 1 unspecified atom stereocenters. The van der Waals surface area contributed by atoms with E-state index in [2.05, 4.69) is 74.0 Å². The molecule has 29 heavy (non-hydrogen) atoms. The van der Waals surface area contributed by atoms with Crippen LogP contribution in [-0.4, -0.2) is 11.4 Å². The molecule has 0 fully saturated rings.